The molecule has 0 aromatic carbocycles. The number of carbonyl (C=O) groups is 1. The zero-order valence-corrected chi connectivity index (χ0v) is 12.3. The molecule has 2 saturated heterocycles. The van der Waals surface area contributed by atoms with Crippen LogP contribution in [0.4, 0.5) is 0 Å². The Hall–Kier alpha value is 0.0700. The van der Waals surface area contributed by atoms with Crippen molar-refractivity contribution in [2.24, 2.45) is 5.92 Å². The Bertz CT molecular complexity index is 267. The van der Waals surface area contributed by atoms with Crippen LogP contribution in [0.2, 0.25) is 0 Å². The molecular formula is C12H23ClN2OS. The molecule has 0 aromatic heterocycles. The molecule has 0 bridgehead atoms. The number of hydrogen-bond donors (Lipinski definition) is 1. The lowest BCUT2D eigenvalue weighted by molar-refractivity contribution is -0.136. The number of nitrogens with zero attached hydrogens (tertiary/aromatic N) is 1. The van der Waals surface area contributed by atoms with Gasteiger partial charge in [-0.2, -0.15) is 11.8 Å². The number of thioether (sulfide) groups is 1. The van der Waals surface area contributed by atoms with Gasteiger partial charge in [0.15, 0.2) is 0 Å². The zero-order chi connectivity index (χ0) is 11.6. The van der Waals surface area contributed by atoms with Crippen LogP contribution in [0.15, 0.2) is 0 Å². The van der Waals surface area contributed by atoms with Crippen molar-refractivity contribution in [3.8, 4) is 0 Å². The minimum Gasteiger partial charge on any atom is -0.340 e. The maximum absolute atomic E-state index is 12.3. The van der Waals surface area contributed by atoms with Crippen LogP contribution in [-0.2, 0) is 4.79 Å². The van der Waals surface area contributed by atoms with Crippen LogP contribution in [0.25, 0.3) is 0 Å². The van der Waals surface area contributed by atoms with Crippen molar-refractivity contribution < 1.29 is 4.79 Å². The first-order valence-electron chi connectivity index (χ1n) is 6.22. The molecular weight excluding hydrogens is 256 g/mol. The highest BCUT2D eigenvalue weighted by molar-refractivity contribution is 8.00. The van der Waals surface area contributed by atoms with Crippen molar-refractivity contribution in [2.75, 3.05) is 31.9 Å². The summed E-state index contributed by atoms with van der Waals surface area (Å²) in [5.41, 5.74) is 0. The first-order chi connectivity index (χ1) is 7.58. The largest absolute Gasteiger partial charge is 0.340 e. The molecule has 0 atom stereocenters. The van der Waals surface area contributed by atoms with Crippen LogP contribution in [0.1, 0.15) is 26.7 Å². The van der Waals surface area contributed by atoms with E-state index in [2.05, 4.69) is 24.1 Å². The molecule has 2 heterocycles. The summed E-state index contributed by atoms with van der Waals surface area (Å²) < 4.78 is 0.237. The molecule has 17 heavy (non-hydrogen) atoms. The van der Waals surface area contributed by atoms with Crippen molar-refractivity contribution in [3.05, 3.63) is 0 Å². The van der Waals surface area contributed by atoms with Crippen LogP contribution < -0.4 is 5.32 Å². The van der Waals surface area contributed by atoms with Crippen LogP contribution >= 0.6 is 24.2 Å². The standard InChI is InChI=1S/C12H22N2OS.ClH/c1-12(2)9-14(7-8-16-12)11(15)10-3-5-13-6-4-10;/h10,13H,3-9H2,1-2H3;1H. The lowest BCUT2D eigenvalue weighted by Crippen LogP contribution is -2.49. The number of hydrogen-bond acceptors (Lipinski definition) is 3. The third-order valence-electron chi connectivity index (χ3n) is 3.43. The van der Waals surface area contributed by atoms with Gasteiger partial charge in [-0.15, -0.1) is 12.4 Å². The molecule has 0 unspecified atom stereocenters. The van der Waals surface area contributed by atoms with E-state index in [1.165, 1.54) is 0 Å². The van der Waals surface area contributed by atoms with Gasteiger partial charge in [0.25, 0.3) is 0 Å². The van der Waals surface area contributed by atoms with Crippen molar-refractivity contribution in [1.82, 2.24) is 10.2 Å². The number of rotatable bonds is 1. The predicted octanol–water partition coefficient (Wildman–Crippen LogP) is 1.76. The van der Waals surface area contributed by atoms with Crippen molar-refractivity contribution >= 4 is 30.1 Å². The molecule has 0 aliphatic carbocycles. The number of piperidine rings is 1. The molecule has 0 spiro atoms. The molecule has 0 aromatic rings. The van der Waals surface area contributed by atoms with Gasteiger partial charge in [-0.25, -0.2) is 0 Å². The van der Waals surface area contributed by atoms with Gasteiger partial charge in [0, 0.05) is 29.5 Å². The molecule has 100 valence electrons. The number of amides is 1. The maximum Gasteiger partial charge on any atom is 0.225 e. The van der Waals surface area contributed by atoms with Crippen LogP contribution in [-0.4, -0.2) is 47.5 Å². The number of halogens is 1. The fourth-order valence-corrected chi connectivity index (χ4v) is 3.64. The van der Waals surface area contributed by atoms with E-state index in [0.29, 0.717) is 5.91 Å². The Morgan fingerprint density at radius 2 is 2.00 bits per heavy atom. The number of nitrogens with one attached hydrogen (secondary N) is 1. The van der Waals surface area contributed by atoms with Gasteiger partial charge in [-0.3, -0.25) is 4.79 Å². The van der Waals surface area contributed by atoms with E-state index < -0.39 is 0 Å². The molecule has 2 fully saturated rings. The van der Waals surface area contributed by atoms with Gasteiger partial charge < -0.3 is 10.2 Å². The van der Waals surface area contributed by atoms with Gasteiger partial charge in [0.1, 0.15) is 0 Å². The molecule has 2 rings (SSSR count). The molecule has 1 N–H and O–H groups in total. The average molecular weight is 279 g/mol. The fraction of sp³-hybridized carbons (Fsp3) is 0.917. The molecule has 0 saturated carbocycles. The van der Waals surface area contributed by atoms with E-state index >= 15 is 0 Å². The van der Waals surface area contributed by atoms with E-state index in [4.69, 9.17) is 0 Å². The topological polar surface area (TPSA) is 32.3 Å². The maximum atomic E-state index is 12.3. The molecule has 5 heteroatoms. The van der Waals surface area contributed by atoms with E-state index in [-0.39, 0.29) is 23.1 Å². The average Bonchev–Trinajstić information content (AvgIpc) is 2.28. The first-order valence-corrected chi connectivity index (χ1v) is 7.20. The Kier molecular flexibility index (Phi) is 5.61. The van der Waals surface area contributed by atoms with Gasteiger partial charge in [0.2, 0.25) is 5.91 Å². The van der Waals surface area contributed by atoms with Gasteiger partial charge >= 0.3 is 0 Å². The summed E-state index contributed by atoms with van der Waals surface area (Å²) in [7, 11) is 0. The second kappa shape index (κ2) is 6.30. The Balaban J connectivity index is 0.00000144. The highest BCUT2D eigenvalue weighted by Crippen LogP contribution is 2.30. The third-order valence-corrected chi connectivity index (χ3v) is 4.72. The molecule has 0 radical (unpaired) electrons. The van der Waals surface area contributed by atoms with Crippen LogP contribution in [0.3, 0.4) is 0 Å². The normalized spacial score (nSPS) is 25.2. The Morgan fingerprint density at radius 1 is 1.35 bits per heavy atom. The summed E-state index contributed by atoms with van der Waals surface area (Å²) in [5.74, 6) is 1.76. The lowest BCUT2D eigenvalue weighted by atomic mass is 9.96. The third kappa shape index (κ3) is 4.04. The SMILES string of the molecule is CC1(C)CN(C(=O)C2CCNCC2)CCS1.Cl. The molecule has 2 aliphatic rings. The second-order valence-electron chi connectivity index (χ2n) is 5.39. The van der Waals surface area contributed by atoms with Crippen molar-refractivity contribution in [3.63, 3.8) is 0 Å². The molecule has 2 aliphatic heterocycles. The van der Waals surface area contributed by atoms with Crippen molar-refractivity contribution in [2.45, 2.75) is 31.4 Å². The quantitative estimate of drug-likeness (QED) is 0.793. The molecule has 3 nitrogen and oxygen atoms in total. The summed E-state index contributed by atoms with van der Waals surface area (Å²) in [6.45, 7) is 8.33. The van der Waals surface area contributed by atoms with Gasteiger partial charge in [-0.1, -0.05) is 0 Å². The van der Waals surface area contributed by atoms with Crippen molar-refractivity contribution in [1.29, 1.82) is 0 Å². The highest BCUT2D eigenvalue weighted by Gasteiger charge is 2.33. The van der Waals surface area contributed by atoms with E-state index in [1.54, 1.807) is 0 Å². The zero-order valence-electron chi connectivity index (χ0n) is 10.7. The summed E-state index contributed by atoms with van der Waals surface area (Å²) in [4.78, 5) is 14.4. The Labute approximate surface area is 114 Å². The van der Waals surface area contributed by atoms with Gasteiger partial charge in [0.05, 0.1) is 0 Å². The molecule has 1 amide bonds. The van der Waals surface area contributed by atoms with Crippen LogP contribution in [0.5, 0.6) is 0 Å². The van der Waals surface area contributed by atoms with Crippen LogP contribution in [0, 0.1) is 5.92 Å². The smallest absolute Gasteiger partial charge is 0.225 e. The summed E-state index contributed by atoms with van der Waals surface area (Å²) in [6, 6.07) is 0. The highest BCUT2D eigenvalue weighted by atomic mass is 35.5. The van der Waals surface area contributed by atoms with E-state index in [0.717, 1.165) is 44.8 Å². The minimum absolute atomic E-state index is 0. The summed E-state index contributed by atoms with van der Waals surface area (Å²) in [5, 5.41) is 3.31. The summed E-state index contributed by atoms with van der Waals surface area (Å²) in [6.07, 6.45) is 2.03. The van der Waals surface area contributed by atoms with Gasteiger partial charge in [-0.05, 0) is 39.8 Å². The second-order valence-corrected chi connectivity index (χ2v) is 7.19. The number of carbonyl (C=O) groups excluding carboxylic acids is 1. The monoisotopic (exact) mass is 278 g/mol. The van der Waals surface area contributed by atoms with E-state index in [1.807, 2.05) is 11.8 Å². The first kappa shape index (κ1) is 15.1. The fourth-order valence-electron chi connectivity index (χ4n) is 2.53. The lowest BCUT2D eigenvalue weighted by Gasteiger charge is -2.39. The predicted molar refractivity (Wildman–Crippen MR) is 76.0 cm³/mol. The minimum atomic E-state index is 0. The Morgan fingerprint density at radius 3 is 2.59 bits per heavy atom. The van der Waals surface area contributed by atoms with E-state index in [9.17, 15) is 4.79 Å². The summed E-state index contributed by atoms with van der Waals surface area (Å²) >= 11 is 1.98.